The number of hydrogen-bond acceptors (Lipinski definition) is 6. The summed E-state index contributed by atoms with van der Waals surface area (Å²) in [5.41, 5.74) is 6.00. The molecule has 2 heterocycles. The van der Waals surface area contributed by atoms with Crippen LogP contribution in [0.3, 0.4) is 0 Å². The summed E-state index contributed by atoms with van der Waals surface area (Å²) in [5.74, 6) is 1.10. The highest BCUT2D eigenvalue weighted by Crippen LogP contribution is 2.22. The summed E-state index contributed by atoms with van der Waals surface area (Å²) >= 11 is 0. The van der Waals surface area contributed by atoms with Gasteiger partial charge in [0, 0.05) is 6.07 Å². The van der Waals surface area contributed by atoms with Gasteiger partial charge in [-0.25, -0.2) is 0 Å². The lowest BCUT2D eigenvalue weighted by atomic mass is 10.5. The largest absolute Gasteiger partial charge is 0.493 e. The van der Waals surface area contributed by atoms with E-state index >= 15 is 0 Å². The normalized spacial score (nSPS) is 10.4. The molecule has 0 unspecified atom stereocenters. The summed E-state index contributed by atoms with van der Waals surface area (Å²) in [4.78, 5) is 0. The number of nitrogens with two attached hydrogens (primary N) is 1. The smallest absolute Gasteiger partial charge is 0.243 e. The van der Waals surface area contributed by atoms with E-state index in [1.807, 2.05) is 0 Å². The number of nitrogen functional groups attached to an aromatic ring is 1. The molecule has 74 valence electrons. The number of anilines is 1. The molecule has 2 aromatic rings. The van der Waals surface area contributed by atoms with E-state index in [0.29, 0.717) is 17.3 Å². The maximum atomic E-state index is 5.54. The zero-order valence-corrected chi connectivity index (χ0v) is 7.76. The van der Waals surface area contributed by atoms with Crippen LogP contribution in [0.5, 0.6) is 11.6 Å². The lowest BCUT2D eigenvalue weighted by Gasteiger charge is -2.03. The molecule has 0 spiro atoms. The van der Waals surface area contributed by atoms with Gasteiger partial charge in [-0.1, -0.05) is 0 Å². The van der Waals surface area contributed by atoms with Gasteiger partial charge in [0.2, 0.25) is 17.5 Å². The van der Waals surface area contributed by atoms with Crippen LogP contribution in [-0.4, -0.2) is 34.0 Å². The molecule has 0 aliphatic rings. The summed E-state index contributed by atoms with van der Waals surface area (Å²) in [7, 11) is 3.04. The standard InChI is InChI=1S/C7H9N5O2/c1-13-4-3-5(14-2)11-12-6(4)9-10-7(12)8/h3H,1-2H3,(H2,8,10). The molecule has 7 heteroatoms. The Morgan fingerprint density at radius 2 is 2.07 bits per heavy atom. The average Bonchev–Trinajstić information content (AvgIpc) is 2.59. The Morgan fingerprint density at radius 1 is 1.29 bits per heavy atom. The van der Waals surface area contributed by atoms with Crippen molar-refractivity contribution < 1.29 is 9.47 Å². The molecule has 0 radical (unpaired) electrons. The molecule has 0 fully saturated rings. The first kappa shape index (κ1) is 8.54. The van der Waals surface area contributed by atoms with Crippen LogP contribution >= 0.6 is 0 Å². The third-order valence-corrected chi connectivity index (χ3v) is 1.77. The molecule has 2 aromatic heterocycles. The molecule has 14 heavy (non-hydrogen) atoms. The first-order valence-electron chi connectivity index (χ1n) is 3.86. The summed E-state index contributed by atoms with van der Waals surface area (Å²) in [6.07, 6.45) is 0. The minimum Gasteiger partial charge on any atom is -0.493 e. The number of nitrogens with zero attached hydrogens (tertiary/aromatic N) is 4. The van der Waals surface area contributed by atoms with E-state index in [9.17, 15) is 0 Å². The summed E-state index contributed by atoms with van der Waals surface area (Å²) < 4.78 is 11.4. The highest BCUT2D eigenvalue weighted by atomic mass is 16.5. The van der Waals surface area contributed by atoms with Gasteiger partial charge in [0.15, 0.2) is 5.75 Å². The van der Waals surface area contributed by atoms with Gasteiger partial charge >= 0.3 is 0 Å². The van der Waals surface area contributed by atoms with Gasteiger partial charge in [-0.05, 0) is 0 Å². The predicted octanol–water partition coefficient (Wildman–Crippen LogP) is -0.276. The van der Waals surface area contributed by atoms with Crippen molar-refractivity contribution in [2.45, 2.75) is 0 Å². The van der Waals surface area contributed by atoms with Crippen molar-refractivity contribution in [3.63, 3.8) is 0 Å². The highest BCUT2D eigenvalue weighted by molar-refractivity contribution is 5.55. The lowest BCUT2D eigenvalue weighted by Crippen LogP contribution is -2.02. The van der Waals surface area contributed by atoms with Crippen molar-refractivity contribution in [1.29, 1.82) is 0 Å². The van der Waals surface area contributed by atoms with Gasteiger partial charge in [0.25, 0.3) is 0 Å². The van der Waals surface area contributed by atoms with E-state index in [-0.39, 0.29) is 5.95 Å². The van der Waals surface area contributed by atoms with Crippen LogP contribution in [0.25, 0.3) is 5.65 Å². The van der Waals surface area contributed by atoms with E-state index in [4.69, 9.17) is 15.2 Å². The lowest BCUT2D eigenvalue weighted by molar-refractivity contribution is 0.375. The second kappa shape index (κ2) is 3.02. The van der Waals surface area contributed by atoms with Crippen molar-refractivity contribution in [2.75, 3.05) is 20.0 Å². The van der Waals surface area contributed by atoms with Crippen molar-refractivity contribution in [3.05, 3.63) is 6.07 Å². The molecular weight excluding hydrogens is 186 g/mol. The van der Waals surface area contributed by atoms with Crippen LogP contribution in [0, 0.1) is 0 Å². The Hall–Kier alpha value is -2.05. The summed E-state index contributed by atoms with van der Waals surface area (Å²) in [5, 5.41) is 11.5. The number of fused-ring (bicyclic) bond motifs is 1. The van der Waals surface area contributed by atoms with Gasteiger partial charge in [-0.15, -0.1) is 15.3 Å². The Bertz CT molecular complexity index is 466. The topological polar surface area (TPSA) is 87.6 Å². The maximum absolute atomic E-state index is 5.54. The third-order valence-electron chi connectivity index (χ3n) is 1.77. The summed E-state index contributed by atoms with van der Waals surface area (Å²) in [6.45, 7) is 0. The quantitative estimate of drug-likeness (QED) is 0.709. The Balaban J connectivity index is 2.76. The van der Waals surface area contributed by atoms with E-state index in [2.05, 4.69) is 15.3 Å². The maximum Gasteiger partial charge on any atom is 0.243 e. The van der Waals surface area contributed by atoms with Gasteiger partial charge in [0.1, 0.15) is 0 Å². The Labute approximate surface area is 79.4 Å². The van der Waals surface area contributed by atoms with Crippen LogP contribution in [-0.2, 0) is 0 Å². The monoisotopic (exact) mass is 195 g/mol. The van der Waals surface area contributed by atoms with Crippen LogP contribution in [0.2, 0.25) is 0 Å². The van der Waals surface area contributed by atoms with Crippen molar-refractivity contribution >= 4 is 11.6 Å². The fourth-order valence-corrected chi connectivity index (χ4v) is 1.10. The number of aromatic nitrogens is 4. The molecule has 0 saturated heterocycles. The van der Waals surface area contributed by atoms with Crippen molar-refractivity contribution in [3.8, 4) is 11.6 Å². The molecule has 0 atom stereocenters. The SMILES string of the molecule is COc1cc(OC)c2nnc(N)n2n1. The molecule has 0 amide bonds. The fraction of sp³-hybridized carbons (Fsp3) is 0.286. The Morgan fingerprint density at radius 3 is 2.71 bits per heavy atom. The highest BCUT2D eigenvalue weighted by Gasteiger charge is 2.11. The van der Waals surface area contributed by atoms with E-state index < -0.39 is 0 Å². The van der Waals surface area contributed by atoms with Gasteiger partial charge < -0.3 is 15.2 Å². The summed E-state index contributed by atoms with van der Waals surface area (Å²) in [6, 6.07) is 1.61. The van der Waals surface area contributed by atoms with Crippen LogP contribution < -0.4 is 15.2 Å². The number of methoxy groups -OCH3 is 2. The first-order chi connectivity index (χ1) is 6.76. The second-order valence-corrected chi connectivity index (χ2v) is 2.55. The van der Waals surface area contributed by atoms with Crippen molar-refractivity contribution in [1.82, 2.24) is 19.8 Å². The molecule has 0 bridgehead atoms. The number of ether oxygens (including phenoxy) is 2. The molecular formula is C7H9N5O2. The molecule has 0 aliphatic carbocycles. The third kappa shape index (κ3) is 1.10. The zero-order chi connectivity index (χ0) is 10.1. The molecule has 2 N–H and O–H groups in total. The molecule has 0 aromatic carbocycles. The second-order valence-electron chi connectivity index (χ2n) is 2.55. The fourth-order valence-electron chi connectivity index (χ4n) is 1.10. The van der Waals surface area contributed by atoms with Crippen LogP contribution in [0.4, 0.5) is 5.95 Å². The molecule has 2 rings (SSSR count). The van der Waals surface area contributed by atoms with Crippen LogP contribution in [0.15, 0.2) is 6.07 Å². The number of rotatable bonds is 2. The predicted molar refractivity (Wildman–Crippen MR) is 48.3 cm³/mol. The van der Waals surface area contributed by atoms with Crippen molar-refractivity contribution in [2.24, 2.45) is 0 Å². The van der Waals surface area contributed by atoms with Gasteiger partial charge in [0.05, 0.1) is 14.2 Å². The molecule has 0 aliphatic heterocycles. The first-order valence-corrected chi connectivity index (χ1v) is 3.86. The molecule has 0 saturated carbocycles. The molecule has 7 nitrogen and oxygen atoms in total. The van der Waals surface area contributed by atoms with E-state index in [1.54, 1.807) is 6.07 Å². The van der Waals surface area contributed by atoms with Crippen LogP contribution in [0.1, 0.15) is 0 Å². The minimum atomic E-state index is 0.192. The number of hydrogen-bond donors (Lipinski definition) is 1. The van der Waals surface area contributed by atoms with Gasteiger partial charge in [-0.2, -0.15) is 4.52 Å². The Kier molecular flexibility index (Phi) is 1.84. The average molecular weight is 195 g/mol. The van der Waals surface area contributed by atoms with E-state index in [1.165, 1.54) is 18.7 Å². The minimum absolute atomic E-state index is 0.192. The van der Waals surface area contributed by atoms with Gasteiger partial charge in [-0.3, -0.25) is 0 Å². The van der Waals surface area contributed by atoms with E-state index in [0.717, 1.165) is 0 Å². The zero-order valence-electron chi connectivity index (χ0n) is 7.76.